The molecule has 0 atom stereocenters. The Hall–Kier alpha value is -2.79. The molecule has 24 heavy (non-hydrogen) atoms. The number of furan rings is 1. The Morgan fingerprint density at radius 1 is 1.08 bits per heavy atom. The molecule has 1 amide bonds. The van der Waals surface area contributed by atoms with Crippen LogP contribution in [0.1, 0.15) is 22.5 Å². The van der Waals surface area contributed by atoms with Gasteiger partial charge in [-0.1, -0.05) is 0 Å². The van der Waals surface area contributed by atoms with Gasteiger partial charge in [-0.25, -0.2) is 0 Å². The van der Waals surface area contributed by atoms with Crippen LogP contribution in [0.15, 0.2) is 71.6 Å². The Kier molecular flexibility index (Phi) is 5.48. The SMILES string of the molecule is O=C(NCCCOCc1ccco1)c1ccc(-n2cccc2)cc1. The summed E-state index contributed by atoms with van der Waals surface area (Å²) in [6, 6.07) is 15.2. The second-order valence-corrected chi connectivity index (χ2v) is 5.38. The number of rotatable bonds is 8. The maximum Gasteiger partial charge on any atom is 0.251 e. The van der Waals surface area contributed by atoms with E-state index in [-0.39, 0.29) is 5.91 Å². The summed E-state index contributed by atoms with van der Waals surface area (Å²) in [6.45, 7) is 1.62. The number of nitrogens with one attached hydrogen (secondary N) is 1. The molecule has 1 aromatic carbocycles. The van der Waals surface area contributed by atoms with Crippen molar-refractivity contribution in [3.63, 3.8) is 0 Å². The summed E-state index contributed by atoms with van der Waals surface area (Å²) in [7, 11) is 0. The van der Waals surface area contributed by atoms with Gasteiger partial charge in [-0.05, 0) is 55.0 Å². The Labute approximate surface area is 140 Å². The van der Waals surface area contributed by atoms with Crippen LogP contribution >= 0.6 is 0 Å². The van der Waals surface area contributed by atoms with Crippen molar-refractivity contribution in [3.8, 4) is 5.69 Å². The maximum absolute atomic E-state index is 12.1. The van der Waals surface area contributed by atoms with E-state index < -0.39 is 0 Å². The summed E-state index contributed by atoms with van der Waals surface area (Å²) >= 11 is 0. The average molecular weight is 324 g/mol. The highest BCUT2D eigenvalue weighted by atomic mass is 16.5. The molecule has 0 bridgehead atoms. The monoisotopic (exact) mass is 324 g/mol. The lowest BCUT2D eigenvalue weighted by molar-refractivity contribution is 0.0917. The summed E-state index contributed by atoms with van der Waals surface area (Å²) in [5.41, 5.74) is 1.69. The van der Waals surface area contributed by atoms with Gasteiger partial charge in [0.25, 0.3) is 5.91 Å². The van der Waals surface area contributed by atoms with Crippen LogP contribution in [0.25, 0.3) is 5.69 Å². The average Bonchev–Trinajstić information content (AvgIpc) is 3.31. The van der Waals surface area contributed by atoms with E-state index >= 15 is 0 Å². The molecule has 0 saturated heterocycles. The number of ether oxygens (including phenoxy) is 1. The van der Waals surface area contributed by atoms with Crippen molar-refractivity contribution in [2.24, 2.45) is 0 Å². The number of carbonyl (C=O) groups excluding carboxylic acids is 1. The number of hydrogen-bond donors (Lipinski definition) is 1. The van der Waals surface area contributed by atoms with Crippen LogP contribution in [0.3, 0.4) is 0 Å². The van der Waals surface area contributed by atoms with Gasteiger partial charge < -0.3 is 19.0 Å². The van der Waals surface area contributed by atoms with Crippen molar-refractivity contribution < 1.29 is 13.9 Å². The molecule has 0 aliphatic rings. The summed E-state index contributed by atoms with van der Waals surface area (Å²) in [5, 5.41) is 2.90. The first-order chi connectivity index (χ1) is 11.8. The minimum absolute atomic E-state index is 0.0694. The molecule has 5 heteroatoms. The van der Waals surface area contributed by atoms with E-state index in [0.717, 1.165) is 17.9 Å². The van der Waals surface area contributed by atoms with Gasteiger partial charge in [0, 0.05) is 36.8 Å². The molecular weight excluding hydrogens is 304 g/mol. The Morgan fingerprint density at radius 2 is 1.88 bits per heavy atom. The van der Waals surface area contributed by atoms with Gasteiger partial charge in [0.05, 0.1) is 6.26 Å². The molecule has 3 rings (SSSR count). The topological polar surface area (TPSA) is 56.4 Å². The number of nitrogens with zero attached hydrogens (tertiary/aromatic N) is 1. The fourth-order valence-electron chi connectivity index (χ4n) is 2.34. The van der Waals surface area contributed by atoms with E-state index in [2.05, 4.69) is 5.32 Å². The van der Waals surface area contributed by atoms with E-state index in [0.29, 0.717) is 25.3 Å². The van der Waals surface area contributed by atoms with Gasteiger partial charge in [-0.2, -0.15) is 0 Å². The van der Waals surface area contributed by atoms with Crippen LogP contribution < -0.4 is 5.32 Å². The molecule has 0 radical (unpaired) electrons. The van der Waals surface area contributed by atoms with E-state index in [4.69, 9.17) is 9.15 Å². The van der Waals surface area contributed by atoms with E-state index in [1.54, 1.807) is 6.26 Å². The third-order valence-corrected chi connectivity index (χ3v) is 3.61. The van der Waals surface area contributed by atoms with Crippen molar-refractivity contribution in [1.29, 1.82) is 0 Å². The van der Waals surface area contributed by atoms with Gasteiger partial charge in [-0.15, -0.1) is 0 Å². The standard InChI is InChI=1S/C19H20N2O3/c22-19(20-10-4-13-23-15-18-5-3-14-24-18)16-6-8-17(9-7-16)21-11-1-2-12-21/h1-3,5-9,11-12,14H,4,10,13,15H2,(H,20,22). The smallest absolute Gasteiger partial charge is 0.251 e. The van der Waals surface area contributed by atoms with Gasteiger partial charge in [0.2, 0.25) is 0 Å². The predicted molar refractivity (Wildman–Crippen MR) is 91.1 cm³/mol. The highest BCUT2D eigenvalue weighted by molar-refractivity contribution is 5.94. The molecule has 0 fully saturated rings. The quantitative estimate of drug-likeness (QED) is 0.646. The van der Waals surface area contributed by atoms with Crippen LogP contribution in [0.4, 0.5) is 0 Å². The molecule has 0 unspecified atom stereocenters. The van der Waals surface area contributed by atoms with Crippen molar-refractivity contribution in [2.45, 2.75) is 13.0 Å². The molecule has 2 heterocycles. The Morgan fingerprint density at radius 3 is 2.58 bits per heavy atom. The Bertz CT molecular complexity index is 732. The summed E-state index contributed by atoms with van der Waals surface area (Å²) in [4.78, 5) is 12.1. The number of benzene rings is 1. The van der Waals surface area contributed by atoms with Crippen molar-refractivity contribution in [2.75, 3.05) is 13.2 Å². The summed E-state index contributed by atoms with van der Waals surface area (Å²) < 4.78 is 12.6. The number of carbonyl (C=O) groups is 1. The second kappa shape index (κ2) is 8.17. The molecule has 0 saturated carbocycles. The highest BCUT2D eigenvalue weighted by Gasteiger charge is 2.05. The molecule has 0 aliphatic heterocycles. The lowest BCUT2D eigenvalue weighted by Crippen LogP contribution is -2.25. The highest BCUT2D eigenvalue weighted by Crippen LogP contribution is 2.10. The summed E-state index contributed by atoms with van der Waals surface area (Å²) in [6.07, 6.45) is 6.32. The predicted octanol–water partition coefficient (Wildman–Crippen LogP) is 3.41. The minimum Gasteiger partial charge on any atom is -0.467 e. The zero-order valence-electron chi connectivity index (χ0n) is 13.4. The van der Waals surface area contributed by atoms with Gasteiger partial charge in [-0.3, -0.25) is 4.79 Å². The second-order valence-electron chi connectivity index (χ2n) is 5.38. The Balaban J connectivity index is 1.37. The zero-order valence-corrected chi connectivity index (χ0v) is 13.4. The van der Waals surface area contributed by atoms with Crippen LogP contribution in [0.2, 0.25) is 0 Å². The van der Waals surface area contributed by atoms with Gasteiger partial charge in [0.1, 0.15) is 12.4 Å². The number of aromatic nitrogens is 1. The van der Waals surface area contributed by atoms with Gasteiger partial charge >= 0.3 is 0 Å². The molecule has 2 aromatic heterocycles. The van der Waals surface area contributed by atoms with Crippen LogP contribution in [0, 0.1) is 0 Å². The largest absolute Gasteiger partial charge is 0.467 e. The first-order valence-electron chi connectivity index (χ1n) is 7.95. The molecular formula is C19H20N2O3. The van der Waals surface area contributed by atoms with Crippen molar-refractivity contribution in [3.05, 3.63) is 78.5 Å². The number of hydrogen-bond acceptors (Lipinski definition) is 3. The summed E-state index contributed by atoms with van der Waals surface area (Å²) in [5.74, 6) is 0.738. The third kappa shape index (κ3) is 4.36. The maximum atomic E-state index is 12.1. The van der Waals surface area contributed by atoms with Crippen molar-refractivity contribution >= 4 is 5.91 Å². The third-order valence-electron chi connectivity index (χ3n) is 3.61. The first-order valence-corrected chi connectivity index (χ1v) is 7.95. The van der Waals surface area contributed by atoms with Crippen LogP contribution in [-0.2, 0) is 11.3 Å². The van der Waals surface area contributed by atoms with E-state index in [1.807, 2.05) is 65.5 Å². The minimum atomic E-state index is -0.0694. The van der Waals surface area contributed by atoms with Crippen LogP contribution in [0.5, 0.6) is 0 Å². The first kappa shape index (κ1) is 16.1. The molecule has 124 valence electrons. The van der Waals surface area contributed by atoms with Crippen molar-refractivity contribution in [1.82, 2.24) is 9.88 Å². The number of amides is 1. The lowest BCUT2D eigenvalue weighted by atomic mass is 10.2. The lowest BCUT2D eigenvalue weighted by Gasteiger charge is -2.07. The van der Waals surface area contributed by atoms with E-state index in [9.17, 15) is 4.79 Å². The van der Waals surface area contributed by atoms with Crippen LogP contribution in [-0.4, -0.2) is 23.6 Å². The van der Waals surface area contributed by atoms with Gasteiger partial charge in [0.15, 0.2) is 0 Å². The molecule has 0 aliphatic carbocycles. The fourth-order valence-corrected chi connectivity index (χ4v) is 2.34. The molecule has 0 spiro atoms. The van der Waals surface area contributed by atoms with E-state index in [1.165, 1.54) is 0 Å². The zero-order chi connectivity index (χ0) is 16.6. The fraction of sp³-hybridized carbons (Fsp3) is 0.211. The molecule has 5 nitrogen and oxygen atoms in total. The molecule has 1 N–H and O–H groups in total. The normalized spacial score (nSPS) is 10.7. The molecule has 3 aromatic rings.